The highest BCUT2D eigenvalue weighted by Crippen LogP contribution is 2.23. The van der Waals surface area contributed by atoms with Gasteiger partial charge in [0.2, 0.25) is 0 Å². The minimum atomic E-state index is -1.42. The molecule has 3 atom stereocenters. The van der Waals surface area contributed by atoms with Crippen molar-refractivity contribution in [2.45, 2.75) is 37.7 Å². The molecule has 18 heavy (non-hydrogen) atoms. The minimum Gasteiger partial charge on any atom is -0.479 e. The van der Waals surface area contributed by atoms with Gasteiger partial charge in [-0.1, -0.05) is 6.92 Å². The molecule has 0 aliphatic carbocycles. The highest BCUT2D eigenvalue weighted by Gasteiger charge is 2.28. The molecule has 0 aromatic heterocycles. The zero-order valence-electron chi connectivity index (χ0n) is 10.6. The van der Waals surface area contributed by atoms with Gasteiger partial charge in [-0.05, 0) is 6.92 Å². The summed E-state index contributed by atoms with van der Waals surface area (Å²) in [6.45, 7) is 4.95. The summed E-state index contributed by atoms with van der Waals surface area (Å²) in [5, 5.41) is 20.6. The van der Waals surface area contributed by atoms with Crippen molar-refractivity contribution in [1.29, 1.82) is 0 Å². The number of thioether (sulfide) groups is 1. The van der Waals surface area contributed by atoms with Crippen LogP contribution in [0.3, 0.4) is 0 Å². The summed E-state index contributed by atoms with van der Waals surface area (Å²) in [6.07, 6.45) is -1.40. The van der Waals surface area contributed by atoms with E-state index in [4.69, 9.17) is 10.2 Å². The minimum absolute atomic E-state index is 0.0214. The Labute approximate surface area is 111 Å². The van der Waals surface area contributed by atoms with E-state index in [-0.39, 0.29) is 25.0 Å². The zero-order valence-corrected chi connectivity index (χ0v) is 11.4. The van der Waals surface area contributed by atoms with Crippen molar-refractivity contribution in [1.82, 2.24) is 10.2 Å². The van der Waals surface area contributed by atoms with Gasteiger partial charge in [-0.15, -0.1) is 0 Å². The number of hydrogen-bond acceptors (Lipinski definition) is 4. The topological polar surface area (TPSA) is 89.9 Å². The monoisotopic (exact) mass is 276 g/mol. The molecule has 2 amide bonds. The second-order valence-electron chi connectivity index (χ2n) is 4.38. The number of carbonyl (C=O) groups is 2. The average molecular weight is 276 g/mol. The maximum absolute atomic E-state index is 11.9. The van der Waals surface area contributed by atoms with E-state index in [1.165, 1.54) is 0 Å². The largest absolute Gasteiger partial charge is 0.479 e. The van der Waals surface area contributed by atoms with Crippen molar-refractivity contribution in [3.63, 3.8) is 0 Å². The summed E-state index contributed by atoms with van der Waals surface area (Å²) in [4.78, 5) is 24.0. The summed E-state index contributed by atoms with van der Waals surface area (Å²) in [7, 11) is 0. The molecule has 0 aromatic carbocycles. The van der Waals surface area contributed by atoms with Gasteiger partial charge in [0, 0.05) is 36.6 Å². The van der Waals surface area contributed by atoms with Crippen molar-refractivity contribution < 1.29 is 19.8 Å². The number of hydrogen-bond donors (Lipinski definition) is 3. The van der Waals surface area contributed by atoms with Crippen LogP contribution in [0.15, 0.2) is 0 Å². The molecule has 1 aliphatic rings. The van der Waals surface area contributed by atoms with Gasteiger partial charge in [-0.2, -0.15) is 11.8 Å². The second-order valence-corrected chi connectivity index (χ2v) is 5.87. The van der Waals surface area contributed by atoms with Gasteiger partial charge < -0.3 is 20.4 Å². The lowest BCUT2D eigenvalue weighted by Gasteiger charge is -2.37. The molecule has 1 heterocycles. The molecule has 0 aromatic rings. The van der Waals surface area contributed by atoms with Crippen LogP contribution >= 0.6 is 11.8 Å². The maximum atomic E-state index is 11.9. The summed E-state index contributed by atoms with van der Waals surface area (Å²) in [5.41, 5.74) is 0. The summed E-state index contributed by atoms with van der Waals surface area (Å²) in [6, 6.07) is -0.0274. The number of nitrogens with zero attached hydrogens (tertiary/aromatic N) is 1. The highest BCUT2D eigenvalue weighted by atomic mass is 32.2. The van der Waals surface area contributed by atoms with Crippen LogP contribution in [0.4, 0.5) is 4.79 Å². The lowest BCUT2D eigenvalue weighted by molar-refractivity contribution is -0.146. The Kier molecular flexibility index (Phi) is 5.74. The number of urea groups is 1. The van der Waals surface area contributed by atoms with Gasteiger partial charge in [0.15, 0.2) is 6.10 Å². The normalized spacial score (nSPS) is 25.6. The first-order chi connectivity index (χ1) is 8.43. The highest BCUT2D eigenvalue weighted by molar-refractivity contribution is 8.00. The van der Waals surface area contributed by atoms with Gasteiger partial charge in [-0.25, -0.2) is 9.59 Å². The fourth-order valence-corrected chi connectivity index (χ4v) is 2.86. The van der Waals surface area contributed by atoms with Crippen molar-refractivity contribution >= 4 is 23.8 Å². The zero-order chi connectivity index (χ0) is 13.7. The number of carboxylic acid groups (broad SMARTS) is 1. The smallest absolute Gasteiger partial charge is 0.332 e. The maximum Gasteiger partial charge on any atom is 0.332 e. The number of aliphatic hydroxyl groups is 1. The molecule has 1 saturated heterocycles. The van der Waals surface area contributed by atoms with E-state index in [0.717, 1.165) is 5.75 Å². The van der Waals surface area contributed by atoms with E-state index >= 15 is 0 Å². The molecule has 1 aliphatic heterocycles. The van der Waals surface area contributed by atoms with Crippen molar-refractivity contribution in [3.8, 4) is 0 Å². The molecule has 0 bridgehead atoms. The number of aliphatic hydroxyl groups excluding tert-OH is 1. The fourth-order valence-electron chi connectivity index (χ4n) is 1.76. The van der Waals surface area contributed by atoms with Crippen LogP contribution in [-0.2, 0) is 4.79 Å². The van der Waals surface area contributed by atoms with Crippen molar-refractivity contribution in [2.75, 3.05) is 18.8 Å². The average Bonchev–Trinajstić information content (AvgIpc) is 2.32. The molecular weight excluding hydrogens is 256 g/mol. The quantitative estimate of drug-likeness (QED) is 0.689. The number of carbonyl (C=O) groups excluding carboxylic acids is 1. The number of amides is 2. The van der Waals surface area contributed by atoms with Gasteiger partial charge in [0.25, 0.3) is 0 Å². The van der Waals surface area contributed by atoms with E-state index in [0.29, 0.717) is 11.8 Å². The summed E-state index contributed by atoms with van der Waals surface area (Å²) >= 11 is 1.84. The molecule has 3 N–H and O–H groups in total. The number of nitrogens with one attached hydrogen (secondary N) is 1. The number of aliphatic carboxylic acids is 1. The molecule has 104 valence electrons. The first-order valence-corrected chi connectivity index (χ1v) is 7.05. The van der Waals surface area contributed by atoms with Crippen LogP contribution in [0.25, 0.3) is 0 Å². The van der Waals surface area contributed by atoms with E-state index in [1.54, 1.807) is 4.90 Å². The van der Waals surface area contributed by atoms with Crippen molar-refractivity contribution in [3.05, 3.63) is 0 Å². The Morgan fingerprint density at radius 2 is 2.17 bits per heavy atom. The fraction of sp³-hybridized carbons (Fsp3) is 0.818. The predicted molar refractivity (Wildman–Crippen MR) is 69.7 cm³/mol. The Morgan fingerprint density at radius 1 is 1.50 bits per heavy atom. The van der Waals surface area contributed by atoms with E-state index < -0.39 is 12.1 Å². The summed E-state index contributed by atoms with van der Waals surface area (Å²) in [5.74, 6) is -0.350. The summed E-state index contributed by atoms with van der Waals surface area (Å²) < 4.78 is 0. The molecule has 0 saturated carbocycles. The van der Waals surface area contributed by atoms with Crippen molar-refractivity contribution in [2.24, 2.45) is 0 Å². The van der Waals surface area contributed by atoms with Crippen LogP contribution in [0.5, 0.6) is 0 Å². The standard InChI is InChI=1S/C11H20N2O4S/c1-7-8(2)18-6-5-13(7)11(17)12-4-3-9(14)10(15)16/h7-9,14H,3-6H2,1-2H3,(H,12,17)(H,15,16)/t7?,8?,9-/m0/s1. The first-order valence-electron chi connectivity index (χ1n) is 6.00. The molecule has 0 radical (unpaired) electrons. The molecular formula is C11H20N2O4S. The Bertz CT molecular complexity index is 313. The van der Waals surface area contributed by atoms with Gasteiger partial charge >= 0.3 is 12.0 Å². The van der Waals surface area contributed by atoms with Gasteiger partial charge in [0.05, 0.1) is 0 Å². The molecule has 1 rings (SSSR count). The third-order valence-corrected chi connectivity index (χ3v) is 4.46. The van der Waals surface area contributed by atoms with E-state index in [9.17, 15) is 9.59 Å². The van der Waals surface area contributed by atoms with Crippen LogP contribution in [0.1, 0.15) is 20.3 Å². The lowest BCUT2D eigenvalue weighted by atomic mass is 10.2. The molecule has 7 heteroatoms. The predicted octanol–water partition coefficient (Wildman–Crippen LogP) is 0.357. The molecule has 6 nitrogen and oxygen atoms in total. The second kappa shape index (κ2) is 6.84. The molecule has 0 spiro atoms. The molecule has 1 fully saturated rings. The van der Waals surface area contributed by atoms with Crippen LogP contribution in [0.2, 0.25) is 0 Å². The van der Waals surface area contributed by atoms with E-state index in [1.807, 2.05) is 18.7 Å². The number of carboxylic acids is 1. The van der Waals surface area contributed by atoms with Crippen LogP contribution in [-0.4, -0.2) is 63.4 Å². The van der Waals surface area contributed by atoms with Crippen LogP contribution < -0.4 is 5.32 Å². The number of rotatable bonds is 4. The van der Waals surface area contributed by atoms with Gasteiger partial charge in [0.1, 0.15) is 0 Å². The first kappa shape index (κ1) is 15.1. The van der Waals surface area contributed by atoms with Gasteiger partial charge in [-0.3, -0.25) is 0 Å². The third-order valence-electron chi connectivity index (χ3n) is 3.12. The Morgan fingerprint density at radius 3 is 2.78 bits per heavy atom. The molecule has 2 unspecified atom stereocenters. The van der Waals surface area contributed by atoms with E-state index in [2.05, 4.69) is 12.2 Å². The third kappa shape index (κ3) is 4.06. The lowest BCUT2D eigenvalue weighted by Crippen LogP contribution is -2.52. The Balaban J connectivity index is 2.34. The Hall–Kier alpha value is -0.950. The van der Waals surface area contributed by atoms with Crippen LogP contribution in [0, 0.1) is 0 Å². The SMILES string of the molecule is CC1SCCN(C(=O)NCC[C@H](O)C(=O)O)C1C.